The molecule has 1 aromatic carbocycles. The van der Waals surface area contributed by atoms with E-state index in [9.17, 15) is 13.2 Å². The lowest BCUT2D eigenvalue weighted by Gasteiger charge is -2.31. The number of carbonyl (C=O) groups is 1. The molecule has 22 heavy (non-hydrogen) atoms. The quantitative estimate of drug-likeness (QED) is 0.890. The highest BCUT2D eigenvalue weighted by Crippen LogP contribution is 2.18. The smallest absolute Gasteiger partial charge is 0.319 e. The van der Waals surface area contributed by atoms with E-state index in [4.69, 9.17) is 0 Å². The van der Waals surface area contributed by atoms with E-state index >= 15 is 0 Å². The molecule has 1 atom stereocenters. The molecule has 6 nitrogen and oxygen atoms in total. The summed E-state index contributed by atoms with van der Waals surface area (Å²) in [6.07, 6.45) is 2.74. The van der Waals surface area contributed by atoms with E-state index in [1.807, 2.05) is 32.0 Å². The molecule has 2 rings (SSSR count). The Labute approximate surface area is 131 Å². The van der Waals surface area contributed by atoms with Crippen LogP contribution in [0.5, 0.6) is 0 Å². The zero-order chi connectivity index (χ0) is 16.3. The van der Waals surface area contributed by atoms with Crippen molar-refractivity contribution in [1.29, 1.82) is 0 Å². The normalized spacial score (nSPS) is 19.7. The second-order valence-electron chi connectivity index (χ2n) is 5.81. The monoisotopic (exact) mass is 325 g/mol. The van der Waals surface area contributed by atoms with Gasteiger partial charge in [0.2, 0.25) is 10.0 Å². The minimum Gasteiger partial charge on any atom is -0.334 e. The van der Waals surface area contributed by atoms with E-state index in [-0.39, 0.29) is 12.1 Å². The Hall–Kier alpha value is -1.60. The molecule has 0 spiro atoms. The molecule has 7 heteroatoms. The van der Waals surface area contributed by atoms with Crippen LogP contribution in [0.15, 0.2) is 18.2 Å². The maximum absolute atomic E-state index is 12.1. The molecule has 0 aliphatic carbocycles. The van der Waals surface area contributed by atoms with Crippen molar-refractivity contribution in [2.75, 3.05) is 24.7 Å². The predicted molar refractivity (Wildman–Crippen MR) is 87.5 cm³/mol. The minimum atomic E-state index is -3.20. The molecule has 1 aliphatic rings. The average Bonchev–Trinajstić information content (AvgIpc) is 2.43. The van der Waals surface area contributed by atoms with Gasteiger partial charge in [0.15, 0.2) is 0 Å². The van der Waals surface area contributed by atoms with Gasteiger partial charge in [0.05, 0.1) is 6.26 Å². The third kappa shape index (κ3) is 4.20. The Morgan fingerprint density at radius 1 is 1.32 bits per heavy atom. The summed E-state index contributed by atoms with van der Waals surface area (Å²) < 4.78 is 24.6. The number of amides is 2. The maximum Gasteiger partial charge on any atom is 0.319 e. The lowest BCUT2D eigenvalue weighted by atomic mass is 10.1. The first-order chi connectivity index (χ1) is 10.3. The summed E-state index contributed by atoms with van der Waals surface area (Å²) in [7, 11) is -3.20. The number of hydrogen-bond acceptors (Lipinski definition) is 3. The summed E-state index contributed by atoms with van der Waals surface area (Å²) in [4.78, 5) is 12.1. The molecule has 0 unspecified atom stereocenters. The van der Waals surface area contributed by atoms with Crippen LogP contribution in [0.1, 0.15) is 24.0 Å². The minimum absolute atomic E-state index is 0.159. The lowest BCUT2D eigenvalue weighted by molar-refractivity contribution is 0.236. The number of urea groups is 1. The van der Waals surface area contributed by atoms with Gasteiger partial charge < -0.3 is 10.6 Å². The number of piperidine rings is 1. The molecule has 1 heterocycles. The molecular formula is C15H23N3O3S. The van der Waals surface area contributed by atoms with Gasteiger partial charge in [-0.25, -0.2) is 17.5 Å². The second kappa shape index (κ2) is 6.66. The van der Waals surface area contributed by atoms with Gasteiger partial charge in [0.25, 0.3) is 0 Å². The van der Waals surface area contributed by atoms with E-state index in [0.717, 1.165) is 29.7 Å². The fourth-order valence-electron chi connectivity index (χ4n) is 2.59. The molecular weight excluding hydrogens is 302 g/mol. The number of hydrogen-bond donors (Lipinski definition) is 2. The molecule has 0 radical (unpaired) electrons. The van der Waals surface area contributed by atoms with Crippen LogP contribution in [0.3, 0.4) is 0 Å². The highest BCUT2D eigenvalue weighted by atomic mass is 32.2. The highest BCUT2D eigenvalue weighted by Gasteiger charge is 2.26. The molecule has 0 aromatic heterocycles. The molecule has 1 aliphatic heterocycles. The van der Waals surface area contributed by atoms with Crippen molar-refractivity contribution < 1.29 is 13.2 Å². The van der Waals surface area contributed by atoms with Crippen LogP contribution >= 0.6 is 0 Å². The van der Waals surface area contributed by atoms with Gasteiger partial charge in [0.1, 0.15) is 0 Å². The molecule has 2 amide bonds. The molecule has 1 fully saturated rings. The van der Waals surface area contributed by atoms with Gasteiger partial charge in [0, 0.05) is 24.8 Å². The van der Waals surface area contributed by atoms with Crippen molar-refractivity contribution in [3.8, 4) is 0 Å². The van der Waals surface area contributed by atoms with E-state index in [0.29, 0.717) is 13.1 Å². The molecule has 122 valence electrons. The number of anilines is 1. The summed E-state index contributed by atoms with van der Waals surface area (Å²) >= 11 is 0. The zero-order valence-electron chi connectivity index (χ0n) is 13.2. The summed E-state index contributed by atoms with van der Waals surface area (Å²) in [5, 5.41) is 5.69. The van der Waals surface area contributed by atoms with E-state index in [2.05, 4.69) is 10.6 Å². The third-order valence-corrected chi connectivity index (χ3v) is 5.31. The Morgan fingerprint density at radius 3 is 2.73 bits per heavy atom. The Morgan fingerprint density at radius 2 is 2.05 bits per heavy atom. The van der Waals surface area contributed by atoms with Crippen LogP contribution in [0.2, 0.25) is 0 Å². The number of rotatable bonds is 3. The Balaban J connectivity index is 1.96. The number of aryl methyl sites for hydroxylation is 1. The van der Waals surface area contributed by atoms with Gasteiger partial charge in [-0.3, -0.25) is 0 Å². The number of nitrogens with zero attached hydrogens (tertiary/aromatic N) is 1. The SMILES string of the molecule is Cc1cccc(NC(=O)N[C@@H]2CCCN(S(C)(=O)=O)C2)c1C. The van der Waals surface area contributed by atoms with Gasteiger partial charge in [-0.2, -0.15) is 0 Å². The second-order valence-corrected chi connectivity index (χ2v) is 7.79. The van der Waals surface area contributed by atoms with Crippen LogP contribution < -0.4 is 10.6 Å². The molecule has 0 saturated carbocycles. The van der Waals surface area contributed by atoms with Crippen molar-refractivity contribution in [2.45, 2.75) is 32.7 Å². The Bertz CT molecular complexity index is 658. The summed E-state index contributed by atoms with van der Waals surface area (Å²) in [6.45, 7) is 4.80. The summed E-state index contributed by atoms with van der Waals surface area (Å²) in [5.74, 6) is 0. The maximum atomic E-state index is 12.1. The van der Waals surface area contributed by atoms with Crippen LogP contribution in [-0.4, -0.2) is 44.1 Å². The van der Waals surface area contributed by atoms with Crippen LogP contribution in [0.4, 0.5) is 10.5 Å². The fraction of sp³-hybridized carbons (Fsp3) is 0.533. The van der Waals surface area contributed by atoms with Crippen molar-refractivity contribution in [1.82, 2.24) is 9.62 Å². The Kier molecular flexibility index (Phi) is 5.08. The number of carbonyl (C=O) groups excluding carboxylic acids is 1. The lowest BCUT2D eigenvalue weighted by Crippen LogP contribution is -2.50. The molecule has 2 N–H and O–H groups in total. The number of sulfonamides is 1. The van der Waals surface area contributed by atoms with Crippen LogP contribution in [0, 0.1) is 13.8 Å². The van der Waals surface area contributed by atoms with Crippen LogP contribution in [-0.2, 0) is 10.0 Å². The third-order valence-electron chi connectivity index (χ3n) is 4.04. The predicted octanol–water partition coefficient (Wildman–Crippen LogP) is 1.85. The number of nitrogens with one attached hydrogen (secondary N) is 2. The molecule has 0 bridgehead atoms. The standard InChI is InChI=1S/C15H23N3O3S/c1-11-6-4-8-14(12(11)2)17-15(19)16-13-7-5-9-18(10-13)22(3,20)21/h4,6,8,13H,5,7,9-10H2,1-3H3,(H2,16,17,19)/t13-/m1/s1. The number of benzene rings is 1. The van der Waals surface area contributed by atoms with Crippen molar-refractivity contribution in [2.24, 2.45) is 0 Å². The first-order valence-electron chi connectivity index (χ1n) is 7.36. The summed E-state index contributed by atoms with van der Waals surface area (Å²) in [6, 6.07) is 5.28. The summed E-state index contributed by atoms with van der Waals surface area (Å²) in [5.41, 5.74) is 2.91. The van der Waals surface area contributed by atoms with Crippen molar-refractivity contribution in [3.05, 3.63) is 29.3 Å². The topological polar surface area (TPSA) is 78.5 Å². The van der Waals surface area contributed by atoms with Gasteiger partial charge in [-0.1, -0.05) is 12.1 Å². The molecule has 1 aromatic rings. The van der Waals surface area contributed by atoms with Crippen LogP contribution in [0.25, 0.3) is 0 Å². The van der Waals surface area contributed by atoms with Crippen molar-refractivity contribution >= 4 is 21.7 Å². The largest absolute Gasteiger partial charge is 0.334 e. The fourth-order valence-corrected chi connectivity index (χ4v) is 3.50. The van der Waals surface area contributed by atoms with E-state index in [1.54, 1.807) is 0 Å². The first kappa shape index (κ1) is 16.8. The highest BCUT2D eigenvalue weighted by molar-refractivity contribution is 7.88. The van der Waals surface area contributed by atoms with Gasteiger partial charge >= 0.3 is 6.03 Å². The average molecular weight is 325 g/mol. The van der Waals surface area contributed by atoms with Crippen molar-refractivity contribution in [3.63, 3.8) is 0 Å². The van der Waals surface area contributed by atoms with Gasteiger partial charge in [-0.15, -0.1) is 0 Å². The van der Waals surface area contributed by atoms with E-state index < -0.39 is 10.0 Å². The first-order valence-corrected chi connectivity index (χ1v) is 9.21. The van der Waals surface area contributed by atoms with Gasteiger partial charge in [-0.05, 0) is 43.9 Å². The van der Waals surface area contributed by atoms with E-state index in [1.165, 1.54) is 10.6 Å². The molecule has 1 saturated heterocycles. The zero-order valence-corrected chi connectivity index (χ0v) is 14.0.